The summed E-state index contributed by atoms with van der Waals surface area (Å²) in [6.45, 7) is 0.443. The minimum atomic E-state index is -4.33. The van der Waals surface area contributed by atoms with Gasteiger partial charge in [-0.05, 0) is 25.0 Å². The molecule has 1 amide bonds. The molecule has 3 rings (SSSR count). The van der Waals surface area contributed by atoms with Gasteiger partial charge in [0, 0.05) is 18.9 Å². The van der Waals surface area contributed by atoms with Gasteiger partial charge in [0.05, 0.1) is 12.1 Å². The number of carbonyl (C=O) groups excluding carboxylic acids is 1. The predicted octanol–water partition coefficient (Wildman–Crippen LogP) is 2.04. The first-order valence-corrected chi connectivity index (χ1v) is 7.13. The smallest absolute Gasteiger partial charge is 0.345 e. The van der Waals surface area contributed by atoms with E-state index in [0.717, 1.165) is 0 Å². The Bertz CT molecular complexity index is 698. The van der Waals surface area contributed by atoms with Gasteiger partial charge >= 0.3 is 6.18 Å². The van der Waals surface area contributed by atoms with Gasteiger partial charge in [0.2, 0.25) is 0 Å². The van der Waals surface area contributed by atoms with Gasteiger partial charge in [-0.15, -0.1) is 10.2 Å². The molecule has 0 spiro atoms. The molecule has 3 heterocycles. The van der Waals surface area contributed by atoms with Crippen molar-refractivity contribution in [2.45, 2.75) is 38.0 Å². The van der Waals surface area contributed by atoms with Crippen molar-refractivity contribution in [2.24, 2.45) is 0 Å². The van der Waals surface area contributed by atoms with Gasteiger partial charge in [-0.25, -0.2) is 0 Å². The molecule has 1 unspecified atom stereocenters. The standard InChI is InChI=1S/C14H14F3N5O/c15-14(16,17)10-4-2-6-22-11(20-21-12(10)22)8-19-13(23)9-3-1-5-18-7-9/h1,3,5,7,10H,2,4,6,8H2,(H,19,23). The third-order valence-electron chi connectivity index (χ3n) is 3.77. The number of alkyl halides is 3. The third kappa shape index (κ3) is 3.17. The van der Waals surface area contributed by atoms with Crippen LogP contribution in [0.1, 0.15) is 40.8 Å². The lowest BCUT2D eigenvalue weighted by atomic mass is 9.98. The highest BCUT2D eigenvalue weighted by atomic mass is 19.4. The minimum Gasteiger partial charge on any atom is -0.345 e. The zero-order chi connectivity index (χ0) is 16.4. The average molecular weight is 325 g/mol. The Morgan fingerprint density at radius 2 is 2.22 bits per heavy atom. The number of rotatable bonds is 3. The van der Waals surface area contributed by atoms with Gasteiger partial charge in [0.25, 0.3) is 5.91 Å². The highest BCUT2D eigenvalue weighted by Crippen LogP contribution is 2.40. The first kappa shape index (κ1) is 15.4. The summed E-state index contributed by atoms with van der Waals surface area (Å²) in [5, 5.41) is 10.1. The van der Waals surface area contributed by atoms with Crippen LogP contribution in [0.3, 0.4) is 0 Å². The summed E-state index contributed by atoms with van der Waals surface area (Å²) in [6, 6.07) is 3.23. The average Bonchev–Trinajstić information content (AvgIpc) is 2.95. The molecular weight excluding hydrogens is 311 g/mol. The van der Waals surface area contributed by atoms with Gasteiger partial charge in [0.1, 0.15) is 11.7 Å². The topological polar surface area (TPSA) is 72.7 Å². The number of aromatic nitrogens is 4. The Morgan fingerprint density at radius 3 is 2.91 bits per heavy atom. The Balaban J connectivity index is 1.73. The lowest BCUT2D eigenvalue weighted by molar-refractivity contribution is -0.156. The maximum atomic E-state index is 13.0. The van der Waals surface area contributed by atoms with E-state index in [2.05, 4.69) is 20.5 Å². The molecule has 0 bridgehead atoms. The minimum absolute atomic E-state index is 0.0175. The summed E-state index contributed by atoms with van der Waals surface area (Å²) in [7, 11) is 0. The number of nitrogens with one attached hydrogen (secondary N) is 1. The second-order valence-electron chi connectivity index (χ2n) is 5.29. The van der Waals surface area contributed by atoms with Crippen LogP contribution < -0.4 is 5.32 Å². The molecule has 0 aromatic carbocycles. The van der Waals surface area contributed by atoms with Crippen molar-refractivity contribution in [3.8, 4) is 0 Å². The Hall–Kier alpha value is -2.45. The van der Waals surface area contributed by atoms with Crippen molar-refractivity contribution in [2.75, 3.05) is 0 Å². The van der Waals surface area contributed by atoms with Gasteiger partial charge in [-0.3, -0.25) is 9.78 Å². The summed E-state index contributed by atoms with van der Waals surface area (Å²) in [5.41, 5.74) is 0.374. The van der Waals surface area contributed by atoms with Crippen LogP contribution in [-0.4, -0.2) is 31.8 Å². The van der Waals surface area contributed by atoms with E-state index >= 15 is 0 Å². The number of hydrogen-bond acceptors (Lipinski definition) is 4. The monoisotopic (exact) mass is 325 g/mol. The molecule has 0 saturated carbocycles. The van der Waals surface area contributed by atoms with Crippen molar-refractivity contribution in [3.63, 3.8) is 0 Å². The van der Waals surface area contributed by atoms with E-state index in [1.54, 1.807) is 18.3 Å². The first-order chi connectivity index (χ1) is 11.0. The lowest BCUT2D eigenvalue weighted by Gasteiger charge is -2.25. The summed E-state index contributed by atoms with van der Waals surface area (Å²) >= 11 is 0. The van der Waals surface area contributed by atoms with Crippen molar-refractivity contribution in [3.05, 3.63) is 41.7 Å². The SMILES string of the molecule is O=C(NCc1nnc2n1CCCC2C(F)(F)F)c1cccnc1. The maximum absolute atomic E-state index is 13.0. The molecule has 1 aliphatic rings. The Kier molecular flexibility index (Phi) is 4.01. The normalized spacial score (nSPS) is 17.6. The van der Waals surface area contributed by atoms with Crippen molar-refractivity contribution < 1.29 is 18.0 Å². The Morgan fingerprint density at radius 1 is 1.39 bits per heavy atom. The van der Waals surface area contributed by atoms with E-state index in [4.69, 9.17) is 0 Å². The van der Waals surface area contributed by atoms with E-state index in [-0.39, 0.29) is 24.7 Å². The predicted molar refractivity (Wildman–Crippen MR) is 73.5 cm³/mol. The fourth-order valence-corrected chi connectivity index (χ4v) is 2.63. The number of pyridine rings is 1. The molecule has 6 nitrogen and oxygen atoms in total. The molecule has 1 N–H and O–H groups in total. The second-order valence-corrected chi connectivity index (χ2v) is 5.29. The summed E-state index contributed by atoms with van der Waals surface area (Å²) in [4.78, 5) is 15.8. The number of fused-ring (bicyclic) bond motifs is 1. The van der Waals surface area contributed by atoms with Crippen molar-refractivity contribution in [1.82, 2.24) is 25.1 Å². The largest absolute Gasteiger partial charge is 0.398 e. The highest BCUT2D eigenvalue weighted by Gasteiger charge is 2.45. The molecule has 23 heavy (non-hydrogen) atoms. The number of halogens is 3. The summed E-state index contributed by atoms with van der Waals surface area (Å²) in [5.74, 6) is -1.70. The highest BCUT2D eigenvalue weighted by molar-refractivity contribution is 5.93. The molecule has 1 atom stereocenters. The Labute approximate surface area is 129 Å². The molecule has 0 saturated heterocycles. The zero-order valence-electron chi connectivity index (χ0n) is 12.0. The fraction of sp³-hybridized carbons (Fsp3) is 0.429. The van der Waals surface area contributed by atoms with E-state index < -0.39 is 12.1 Å². The summed E-state index contributed by atoms with van der Waals surface area (Å²) < 4.78 is 40.5. The van der Waals surface area contributed by atoms with Crippen LogP contribution in [0.5, 0.6) is 0 Å². The van der Waals surface area contributed by atoms with Crippen LogP contribution in [0.4, 0.5) is 13.2 Å². The van der Waals surface area contributed by atoms with Gasteiger partial charge in [0.15, 0.2) is 5.82 Å². The lowest BCUT2D eigenvalue weighted by Crippen LogP contribution is -2.30. The fourth-order valence-electron chi connectivity index (χ4n) is 2.63. The van der Waals surface area contributed by atoms with Crippen LogP contribution in [0.25, 0.3) is 0 Å². The number of hydrogen-bond donors (Lipinski definition) is 1. The second kappa shape index (κ2) is 5.98. The van der Waals surface area contributed by atoms with Crippen LogP contribution in [-0.2, 0) is 13.1 Å². The quantitative estimate of drug-likeness (QED) is 0.937. The van der Waals surface area contributed by atoms with E-state index in [0.29, 0.717) is 24.4 Å². The van der Waals surface area contributed by atoms with E-state index in [9.17, 15) is 18.0 Å². The molecule has 122 valence electrons. The van der Waals surface area contributed by atoms with Gasteiger partial charge in [-0.1, -0.05) is 0 Å². The molecule has 9 heteroatoms. The van der Waals surface area contributed by atoms with Crippen LogP contribution in [0.15, 0.2) is 24.5 Å². The summed E-state index contributed by atoms with van der Waals surface area (Å²) in [6.07, 6.45) is -0.957. The van der Waals surface area contributed by atoms with Gasteiger partial charge < -0.3 is 9.88 Å². The molecule has 1 aliphatic heterocycles. The molecule has 0 aliphatic carbocycles. The molecular formula is C14H14F3N5O. The van der Waals surface area contributed by atoms with E-state index in [1.165, 1.54) is 10.8 Å². The molecule has 2 aromatic rings. The van der Waals surface area contributed by atoms with Crippen molar-refractivity contribution in [1.29, 1.82) is 0 Å². The number of nitrogens with zero attached hydrogens (tertiary/aromatic N) is 4. The van der Waals surface area contributed by atoms with Gasteiger partial charge in [-0.2, -0.15) is 13.2 Å². The van der Waals surface area contributed by atoms with Crippen LogP contribution >= 0.6 is 0 Å². The van der Waals surface area contributed by atoms with E-state index in [1.807, 2.05) is 0 Å². The zero-order valence-corrected chi connectivity index (χ0v) is 12.0. The van der Waals surface area contributed by atoms with Crippen LogP contribution in [0.2, 0.25) is 0 Å². The number of carbonyl (C=O) groups is 1. The van der Waals surface area contributed by atoms with Crippen LogP contribution in [0, 0.1) is 0 Å². The molecule has 0 radical (unpaired) electrons. The number of amides is 1. The maximum Gasteiger partial charge on any atom is 0.398 e. The third-order valence-corrected chi connectivity index (χ3v) is 3.77. The first-order valence-electron chi connectivity index (χ1n) is 7.13. The molecule has 0 fully saturated rings. The molecule has 2 aromatic heterocycles. The van der Waals surface area contributed by atoms with Crippen molar-refractivity contribution >= 4 is 5.91 Å².